The van der Waals surface area contributed by atoms with Crippen LogP contribution in [0.3, 0.4) is 0 Å². The van der Waals surface area contributed by atoms with Crippen LogP contribution in [0, 0.1) is 0 Å². The minimum atomic E-state index is -1.00. The van der Waals surface area contributed by atoms with Crippen LogP contribution in [-0.2, 0) is 38.0 Å². The molecule has 1 amide bonds. The number of amides is 1. The molecule has 0 aliphatic heterocycles. The Bertz CT molecular complexity index is 528. The lowest BCUT2D eigenvalue weighted by Crippen LogP contribution is -2.37. The molecule has 0 saturated carbocycles. The van der Waals surface area contributed by atoms with E-state index in [-0.39, 0.29) is 45.1 Å². The van der Waals surface area contributed by atoms with Crippen molar-refractivity contribution in [3.05, 3.63) is 12.3 Å². The highest BCUT2D eigenvalue weighted by molar-refractivity contribution is 5.81. The zero-order valence-electron chi connectivity index (χ0n) is 19.0. The van der Waals surface area contributed by atoms with Gasteiger partial charge in [0, 0.05) is 13.5 Å². The van der Waals surface area contributed by atoms with Gasteiger partial charge in [-0.15, -0.1) is 0 Å². The van der Waals surface area contributed by atoms with Crippen molar-refractivity contribution in [3.63, 3.8) is 0 Å². The van der Waals surface area contributed by atoms with Crippen LogP contribution in [0.4, 0.5) is 0 Å². The highest BCUT2D eigenvalue weighted by Crippen LogP contribution is 2.08. The second-order valence-electron chi connectivity index (χ2n) is 6.60. The Morgan fingerprint density at radius 1 is 0.938 bits per heavy atom. The van der Waals surface area contributed by atoms with Gasteiger partial charge in [0.05, 0.1) is 52.6 Å². The molecule has 0 fully saturated rings. The van der Waals surface area contributed by atoms with Gasteiger partial charge in [-0.3, -0.25) is 9.59 Å². The molecule has 0 spiro atoms. The Morgan fingerprint density at radius 3 is 2.12 bits per heavy atom. The van der Waals surface area contributed by atoms with E-state index in [4.69, 9.17) is 33.5 Å². The molecule has 0 aliphatic carbocycles. The van der Waals surface area contributed by atoms with Crippen molar-refractivity contribution in [3.8, 4) is 0 Å². The molecule has 0 aromatic rings. The summed E-state index contributed by atoms with van der Waals surface area (Å²) in [7, 11) is 2.77. The number of esters is 1. The topological polar surface area (TPSA) is 162 Å². The number of carbonyl (C=O) groups excluding carboxylic acids is 2. The number of ether oxygens (including phenoxy) is 6. The molecule has 0 aromatic heterocycles. The van der Waals surface area contributed by atoms with E-state index in [9.17, 15) is 19.8 Å². The van der Waals surface area contributed by atoms with Crippen LogP contribution in [-0.4, -0.2) is 106 Å². The molecule has 0 saturated heterocycles. The summed E-state index contributed by atoms with van der Waals surface area (Å²) in [5.74, 6) is -0.597. The molecule has 0 rings (SSSR count). The predicted octanol–water partition coefficient (Wildman–Crippen LogP) is -0.941. The van der Waals surface area contributed by atoms with Crippen LogP contribution in [0.15, 0.2) is 12.3 Å². The largest absolute Gasteiger partial charge is 0.500 e. The molecule has 12 heteroatoms. The van der Waals surface area contributed by atoms with Gasteiger partial charge in [0.1, 0.15) is 18.5 Å². The first kappa shape index (κ1) is 30.2. The summed E-state index contributed by atoms with van der Waals surface area (Å²) in [6.45, 7) is 4.00. The van der Waals surface area contributed by atoms with Crippen LogP contribution in [0.5, 0.6) is 0 Å². The first-order chi connectivity index (χ1) is 15.3. The first-order valence-electron chi connectivity index (χ1n) is 10.2. The fraction of sp³-hybridized carbons (Fsp3) is 0.800. The Morgan fingerprint density at radius 2 is 1.59 bits per heavy atom. The number of aliphatic hydroxyl groups excluding tert-OH is 3. The summed E-state index contributed by atoms with van der Waals surface area (Å²) in [6.07, 6.45) is -3.04. The molecule has 4 atom stereocenters. The van der Waals surface area contributed by atoms with Crippen molar-refractivity contribution in [1.29, 1.82) is 0 Å². The summed E-state index contributed by atoms with van der Waals surface area (Å²) in [4.78, 5) is 23.5. The van der Waals surface area contributed by atoms with E-state index in [1.165, 1.54) is 14.2 Å². The van der Waals surface area contributed by atoms with E-state index in [0.717, 1.165) is 0 Å². The number of nitrogens with one attached hydrogen (secondary N) is 1. The van der Waals surface area contributed by atoms with Crippen molar-refractivity contribution in [1.82, 2.24) is 5.32 Å². The van der Waals surface area contributed by atoms with Crippen molar-refractivity contribution in [2.24, 2.45) is 0 Å². The molecule has 32 heavy (non-hydrogen) atoms. The van der Waals surface area contributed by atoms with Gasteiger partial charge in [-0.1, -0.05) is 13.5 Å². The zero-order valence-corrected chi connectivity index (χ0v) is 19.0. The molecule has 0 heterocycles. The molecule has 0 radical (unpaired) electrons. The van der Waals surface area contributed by atoms with Crippen molar-refractivity contribution in [2.75, 3.05) is 53.8 Å². The lowest BCUT2D eigenvalue weighted by atomic mass is 10.3. The maximum atomic E-state index is 11.8. The van der Waals surface area contributed by atoms with Crippen LogP contribution in [0.2, 0.25) is 0 Å². The SMILES string of the molecule is C=C(CNC(=O)CCC(=O)OCC(OC)OC(CO)COC(CO)OC(CC)CO)OC. The Balaban J connectivity index is 4.34. The van der Waals surface area contributed by atoms with E-state index >= 15 is 0 Å². The van der Waals surface area contributed by atoms with Gasteiger partial charge in [0.15, 0.2) is 12.6 Å². The number of hydrogen-bond donors (Lipinski definition) is 4. The van der Waals surface area contributed by atoms with E-state index in [1.807, 2.05) is 6.92 Å². The molecular weight excluding hydrogens is 430 g/mol. The first-order valence-corrected chi connectivity index (χ1v) is 10.2. The summed E-state index contributed by atoms with van der Waals surface area (Å²) in [5.41, 5.74) is 0. The number of aliphatic hydroxyl groups is 3. The van der Waals surface area contributed by atoms with Gasteiger partial charge >= 0.3 is 5.97 Å². The van der Waals surface area contributed by atoms with Crippen LogP contribution in [0.1, 0.15) is 26.2 Å². The Kier molecular flexibility index (Phi) is 17.7. The number of carbonyl (C=O) groups is 2. The third-order valence-corrected chi connectivity index (χ3v) is 4.14. The molecule has 0 aromatic carbocycles. The standard InChI is InChI=1S/C20H37NO11/c1-5-15(9-22)31-19(11-24)30-12-16(10-23)32-20(28-4)13-29-18(26)7-6-17(25)21-8-14(2)27-3/h15-16,19-20,22-24H,2,5-13H2,1,3-4H3,(H,21,25). The van der Waals surface area contributed by atoms with Crippen LogP contribution >= 0.6 is 0 Å². The molecule has 0 bridgehead atoms. The van der Waals surface area contributed by atoms with E-state index in [1.54, 1.807) is 0 Å². The normalized spacial score (nSPS) is 14.8. The van der Waals surface area contributed by atoms with E-state index < -0.39 is 44.0 Å². The lowest BCUT2D eigenvalue weighted by Gasteiger charge is -2.26. The third-order valence-electron chi connectivity index (χ3n) is 4.14. The molecule has 4 unspecified atom stereocenters. The number of methoxy groups -OCH3 is 2. The highest BCUT2D eigenvalue weighted by Gasteiger charge is 2.21. The second-order valence-corrected chi connectivity index (χ2v) is 6.60. The van der Waals surface area contributed by atoms with Gasteiger partial charge in [0.25, 0.3) is 0 Å². The molecule has 4 N–H and O–H groups in total. The van der Waals surface area contributed by atoms with Gasteiger partial charge in [-0.05, 0) is 6.42 Å². The highest BCUT2D eigenvalue weighted by atomic mass is 16.7. The van der Waals surface area contributed by atoms with E-state index in [0.29, 0.717) is 12.2 Å². The third kappa shape index (κ3) is 14.3. The summed E-state index contributed by atoms with van der Waals surface area (Å²) >= 11 is 0. The number of hydrogen-bond acceptors (Lipinski definition) is 11. The maximum absolute atomic E-state index is 11.8. The van der Waals surface area contributed by atoms with Gasteiger partial charge in [0.2, 0.25) is 5.91 Å². The molecule has 188 valence electrons. The quantitative estimate of drug-likeness (QED) is 0.0993. The summed E-state index contributed by atoms with van der Waals surface area (Å²) in [5, 5.41) is 30.5. The second kappa shape index (κ2) is 18.7. The average molecular weight is 468 g/mol. The van der Waals surface area contributed by atoms with Gasteiger partial charge in [-0.2, -0.15) is 0 Å². The van der Waals surface area contributed by atoms with Crippen LogP contribution in [0.25, 0.3) is 0 Å². The Hall–Kier alpha value is -1.80. The minimum Gasteiger partial charge on any atom is -0.500 e. The van der Waals surface area contributed by atoms with Gasteiger partial charge in [-0.25, -0.2) is 0 Å². The Labute approximate surface area is 188 Å². The summed E-state index contributed by atoms with van der Waals surface area (Å²) in [6, 6.07) is 0. The van der Waals surface area contributed by atoms with Crippen molar-refractivity contribution < 1.29 is 53.3 Å². The minimum absolute atomic E-state index is 0.0728. The molecule has 0 aliphatic rings. The zero-order chi connectivity index (χ0) is 24.4. The molecular formula is C20H37NO11. The lowest BCUT2D eigenvalue weighted by molar-refractivity contribution is -0.235. The van der Waals surface area contributed by atoms with Crippen molar-refractivity contribution >= 4 is 11.9 Å². The van der Waals surface area contributed by atoms with Crippen LogP contribution < -0.4 is 5.32 Å². The summed E-state index contributed by atoms with van der Waals surface area (Å²) < 4.78 is 31.2. The maximum Gasteiger partial charge on any atom is 0.306 e. The number of rotatable bonds is 20. The fourth-order valence-electron chi connectivity index (χ4n) is 2.15. The average Bonchev–Trinajstić information content (AvgIpc) is 2.82. The molecule has 12 nitrogen and oxygen atoms in total. The monoisotopic (exact) mass is 467 g/mol. The van der Waals surface area contributed by atoms with Gasteiger partial charge < -0.3 is 49.1 Å². The predicted molar refractivity (Wildman–Crippen MR) is 111 cm³/mol. The van der Waals surface area contributed by atoms with Crippen molar-refractivity contribution in [2.45, 2.75) is 51.0 Å². The fourth-order valence-corrected chi connectivity index (χ4v) is 2.15. The van der Waals surface area contributed by atoms with E-state index in [2.05, 4.69) is 11.9 Å². The smallest absolute Gasteiger partial charge is 0.306 e.